The summed E-state index contributed by atoms with van der Waals surface area (Å²) in [6.07, 6.45) is 2.23. The van der Waals surface area contributed by atoms with Gasteiger partial charge in [0.1, 0.15) is 6.10 Å². The third-order valence-electron chi connectivity index (χ3n) is 4.22. The molecule has 0 bridgehead atoms. The zero-order valence-corrected chi connectivity index (χ0v) is 14.2. The van der Waals surface area contributed by atoms with E-state index in [1.54, 1.807) is 11.1 Å². The van der Waals surface area contributed by atoms with Gasteiger partial charge in [0.15, 0.2) is 11.6 Å². The summed E-state index contributed by atoms with van der Waals surface area (Å²) in [5.74, 6) is -0.575. The van der Waals surface area contributed by atoms with Gasteiger partial charge in [0.05, 0.1) is 18.8 Å². The first-order chi connectivity index (χ1) is 12.0. The number of anilines is 1. The van der Waals surface area contributed by atoms with Gasteiger partial charge in [-0.1, -0.05) is 6.42 Å². The monoisotopic (exact) mass is 351 g/mol. The zero-order chi connectivity index (χ0) is 17.8. The number of ether oxygens (including phenoxy) is 1. The zero-order valence-electron chi connectivity index (χ0n) is 14.2. The number of benzene rings is 1. The van der Waals surface area contributed by atoms with Crippen LogP contribution in [0.5, 0.6) is 5.75 Å². The molecule has 8 heteroatoms. The van der Waals surface area contributed by atoms with Crippen molar-refractivity contribution < 1.29 is 23.6 Å². The second-order valence-corrected chi connectivity index (χ2v) is 6.25. The first kappa shape index (κ1) is 17.5. The first-order valence-electron chi connectivity index (χ1n) is 8.48. The molecule has 0 radical (unpaired) electrons. The largest absolute Gasteiger partial charge is 0.442 e. The third-order valence-corrected chi connectivity index (χ3v) is 4.22. The molecule has 0 unspecified atom stereocenters. The second-order valence-electron chi connectivity index (χ2n) is 6.25. The van der Waals surface area contributed by atoms with E-state index in [0.29, 0.717) is 5.69 Å². The van der Waals surface area contributed by atoms with Crippen LogP contribution in [0.2, 0.25) is 0 Å². The molecule has 2 saturated heterocycles. The number of nitrogens with one attached hydrogen (secondary N) is 1. The highest BCUT2D eigenvalue weighted by molar-refractivity contribution is 5.89. The van der Waals surface area contributed by atoms with Crippen LogP contribution in [-0.2, 0) is 9.53 Å². The number of carbonyl (C=O) groups is 2. The van der Waals surface area contributed by atoms with Crippen LogP contribution in [0.25, 0.3) is 0 Å². The van der Waals surface area contributed by atoms with Crippen LogP contribution in [0, 0.1) is 5.82 Å². The Morgan fingerprint density at radius 2 is 2.12 bits per heavy atom. The van der Waals surface area contributed by atoms with Gasteiger partial charge in [-0.3, -0.25) is 9.69 Å². The van der Waals surface area contributed by atoms with E-state index in [0.717, 1.165) is 32.4 Å². The minimum atomic E-state index is -0.556. The van der Waals surface area contributed by atoms with E-state index in [1.807, 2.05) is 0 Å². The Bertz CT molecular complexity index is 649. The third kappa shape index (κ3) is 4.39. The number of carbonyl (C=O) groups excluding carboxylic acids is 2. The van der Waals surface area contributed by atoms with E-state index in [-0.39, 0.29) is 24.7 Å². The maximum atomic E-state index is 14.3. The molecule has 1 atom stereocenters. The Kier molecular flexibility index (Phi) is 5.37. The maximum absolute atomic E-state index is 14.3. The molecule has 0 aromatic heterocycles. The summed E-state index contributed by atoms with van der Waals surface area (Å²) >= 11 is 0. The van der Waals surface area contributed by atoms with Crippen molar-refractivity contribution in [1.29, 1.82) is 0 Å². The number of hydrogen-bond acceptors (Lipinski definition) is 5. The number of amides is 2. The molecule has 2 fully saturated rings. The molecule has 1 N–H and O–H groups in total. The van der Waals surface area contributed by atoms with Gasteiger partial charge in [0, 0.05) is 26.1 Å². The van der Waals surface area contributed by atoms with Gasteiger partial charge in [-0.25, -0.2) is 9.18 Å². The molecule has 136 valence electrons. The summed E-state index contributed by atoms with van der Waals surface area (Å²) in [5, 5.41) is 4.36. The molecule has 0 saturated carbocycles. The lowest BCUT2D eigenvalue weighted by Gasteiger charge is -2.26. The molecule has 1 aromatic rings. The lowest BCUT2D eigenvalue weighted by Crippen LogP contribution is -2.33. The summed E-state index contributed by atoms with van der Waals surface area (Å²) < 4.78 is 19.5. The smallest absolute Gasteiger partial charge is 0.414 e. The SMILES string of the molecule is CC(=O)NC[C@H]1CN(c2ccc(ON3CCCCC3)c(F)c2)C(=O)O1. The van der Waals surface area contributed by atoms with Gasteiger partial charge in [-0.15, -0.1) is 5.06 Å². The molecule has 0 aliphatic carbocycles. The van der Waals surface area contributed by atoms with Crippen molar-refractivity contribution in [2.45, 2.75) is 32.3 Å². The fourth-order valence-corrected chi connectivity index (χ4v) is 2.92. The number of rotatable bonds is 5. The fraction of sp³-hybridized carbons (Fsp3) is 0.529. The number of hydroxylamine groups is 2. The summed E-state index contributed by atoms with van der Waals surface area (Å²) in [5.41, 5.74) is 0.402. The molecule has 1 aromatic carbocycles. The van der Waals surface area contributed by atoms with Crippen LogP contribution in [0.3, 0.4) is 0 Å². The topological polar surface area (TPSA) is 71.1 Å². The van der Waals surface area contributed by atoms with Crippen molar-refractivity contribution in [1.82, 2.24) is 10.4 Å². The Hall–Kier alpha value is -2.35. The summed E-state index contributed by atoms with van der Waals surface area (Å²) in [6.45, 7) is 3.45. The van der Waals surface area contributed by atoms with E-state index in [4.69, 9.17) is 9.57 Å². The van der Waals surface area contributed by atoms with Crippen LogP contribution in [0.1, 0.15) is 26.2 Å². The highest BCUT2D eigenvalue weighted by atomic mass is 19.1. The van der Waals surface area contributed by atoms with Crippen LogP contribution in [0.15, 0.2) is 18.2 Å². The number of halogens is 1. The van der Waals surface area contributed by atoms with Gasteiger partial charge in [0.2, 0.25) is 5.91 Å². The second kappa shape index (κ2) is 7.69. The van der Waals surface area contributed by atoms with Crippen molar-refractivity contribution in [3.8, 4) is 5.75 Å². The van der Waals surface area contributed by atoms with Gasteiger partial charge < -0.3 is 14.9 Å². The summed E-state index contributed by atoms with van der Waals surface area (Å²) in [6, 6.07) is 4.42. The van der Waals surface area contributed by atoms with Gasteiger partial charge in [-0.05, 0) is 25.0 Å². The highest BCUT2D eigenvalue weighted by Gasteiger charge is 2.32. The Balaban J connectivity index is 1.63. The predicted octanol–water partition coefficient (Wildman–Crippen LogP) is 2.07. The number of hydrogen-bond donors (Lipinski definition) is 1. The Labute approximate surface area is 145 Å². The van der Waals surface area contributed by atoms with E-state index in [1.165, 1.54) is 24.0 Å². The molecular formula is C17H22FN3O4. The van der Waals surface area contributed by atoms with Crippen molar-refractivity contribution in [3.63, 3.8) is 0 Å². The molecule has 2 heterocycles. The van der Waals surface area contributed by atoms with E-state index in [2.05, 4.69) is 5.32 Å². The minimum absolute atomic E-state index is 0.146. The average Bonchev–Trinajstić information content (AvgIpc) is 2.97. The fourth-order valence-electron chi connectivity index (χ4n) is 2.92. The first-order valence-corrected chi connectivity index (χ1v) is 8.48. The summed E-state index contributed by atoms with van der Waals surface area (Å²) in [4.78, 5) is 29.9. The minimum Gasteiger partial charge on any atom is -0.442 e. The Morgan fingerprint density at radius 3 is 2.80 bits per heavy atom. The highest BCUT2D eigenvalue weighted by Crippen LogP contribution is 2.28. The molecule has 2 aliphatic heterocycles. The Morgan fingerprint density at radius 1 is 1.36 bits per heavy atom. The van der Waals surface area contributed by atoms with E-state index >= 15 is 0 Å². The quantitative estimate of drug-likeness (QED) is 0.879. The number of nitrogens with zero attached hydrogens (tertiary/aromatic N) is 2. The average molecular weight is 351 g/mol. The standard InChI is InChI=1S/C17H22FN3O4/c1-12(22)19-10-14-11-21(17(23)24-14)13-5-6-16(15(18)9-13)25-20-7-3-2-4-8-20/h5-6,9,14H,2-4,7-8,10-11H2,1H3,(H,19,22)/t14-/m0/s1. The van der Waals surface area contributed by atoms with Gasteiger partial charge >= 0.3 is 6.09 Å². The van der Waals surface area contributed by atoms with Crippen LogP contribution in [-0.4, -0.2) is 49.3 Å². The van der Waals surface area contributed by atoms with Crippen molar-refractivity contribution in [3.05, 3.63) is 24.0 Å². The number of cyclic esters (lactones) is 1. The molecule has 0 spiro atoms. The summed E-state index contributed by atoms with van der Waals surface area (Å²) in [7, 11) is 0. The lowest BCUT2D eigenvalue weighted by molar-refractivity contribution is -0.119. The van der Waals surface area contributed by atoms with Gasteiger partial charge in [0.25, 0.3) is 0 Å². The molecule has 2 aliphatic rings. The lowest BCUT2D eigenvalue weighted by atomic mass is 10.2. The molecule has 7 nitrogen and oxygen atoms in total. The molecular weight excluding hydrogens is 329 g/mol. The molecule has 25 heavy (non-hydrogen) atoms. The van der Waals surface area contributed by atoms with Crippen LogP contribution in [0.4, 0.5) is 14.9 Å². The van der Waals surface area contributed by atoms with Crippen molar-refractivity contribution in [2.24, 2.45) is 0 Å². The predicted molar refractivity (Wildman–Crippen MR) is 88.8 cm³/mol. The van der Waals surface area contributed by atoms with Crippen LogP contribution < -0.4 is 15.1 Å². The van der Waals surface area contributed by atoms with E-state index in [9.17, 15) is 14.0 Å². The van der Waals surface area contributed by atoms with Crippen LogP contribution >= 0.6 is 0 Å². The van der Waals surface area contributed by atoms with Crippen molar-refractivity contribution in [2.75, 3.05) is 31.1 Å². The molecule has 2 amide bonds. The van der Waals surface area contributed by atoms with Gasteiger partial charge in [-0.2, -0.15) is 0 Å². The molecule has 3 rings (SSSR count). The maximum Gasteiger partial charge on any atom is 0.414 e. The van der Waals surface area contributed by atoms with Crippen molar-refractivity contribution >= 4 is 17.7 Å². The van der Waals surface area contributed by atoms with E-state index < -0.39 is 18.0 Å². The number of piperidine rings is 1. The normalized spacial score (nSPS) is 21.1.